The van der Waals surface area contributed by atoms with E-state index in [1.165, 1.54) is 32.2 Å². The Labute approximate surface area is 64.2 Å². The van der Waals surface area contributed by atoms with Crippen molar-refractivity contribution in [2.24, 2.45) is 5.92 Å². The van der Waals surface area contributed by atoms with E-state index in [0.717, 1.165) is 5.92 Å². The van der Waals surface area contributed by atoms with E-state index in [1.54, 1.807) is 0 Å². The molecule has 0 aromatic carbocycles. The zero-order valence-electron chi connectivity index (χ0n) is 7.19. The van der Waals surface area contributed by atoms with Gasteiger partial charge in [0.05, 0.1) is 0 Å². The molecule has 0 spiro atoms. The maximum absolute atomic E-state index is 3.44. The molecule has 1 rings (SSSR count). The van der Waals surface area contributed by atoms with Crippen LogP contribution in [0.2, 0.25) is 0 Å². The summed E-state index contributed by atoms with van der Waals surface area (Å²) in [5.74, 6) is 1.06. The minimum Gasteiger partial charge on any atom is -0.315 e. The van der Waals surface area contributed by atoms with Crippen LogP contribution in [0.25, 0.3) is 0 Å². The van der Waals surface area contributed by atoms with Crippen molar-refractivity contribution in [3.8, 4) is 0 Å². The fraction of sp³-hybridized carbons (Fsp3) is 1.00. The van der Waals surface area contributed by atoms with Crippen molar-refractivity contribution >= 4 is 0 Å². The Morgan fingerprint density at radius 1 is 1.40 bits per heavy atom. The molecule has 1 aliphatic carbocycles. The van der Waals surface area contributed by atoms with Crippen molar-refractivity contribution in [2.45, 2.75) is 45.6 Å². The van der Waals surface area contributed by atoms with Gasteiger partial charge in [-0.25, -0.2) is 0 Å². The lowest BCUT2D eigenvalue weighted by atomic mass is 9.83. The summed E-state index contributed by atoms with van der Waals surface area (Å²) in [4.78, 5) is 0. The van der Waals surface area contributed by atoms with Gasteiger partial charge in [-0.15, -0.1) is 0 Å². The van der Waals surface area contributed by atoms with Crippen molar-refractivity contribution in [3.63, 3.8) is 0 Å². The molecule has 0 aromatic heterocycles. The molecule has 0 bridgehead atoms. The molecule has 10 heavy (non-hydrogen) atoms. The van der Waals surface area contributed by atoms with Crippen LogP contribution in [-0.4, -0.2) is 12.6 Å². The highest BCUT2D eigenvalue weighted by Gasteiger charge is 2.16. The van der Waals surface area contributed by atoms with Gasteiger partial charge in [0.1, 0.15) is 0 Å². The molecule has 1 aliphatic rings. The smallest absolute Gasteiger partial charge is 0.00103 e. The molecule has 60 valence electrons. The van der Waals surface area contributed by atoms with Crippen LogP contribution in [0.4, 0.5) is 0 Å². The summed E-state index contributed by atoms with van der Waals surface area (Å²) in [6.07, 6.45) is 5.85. The van der Waals surface area contributed by atoms with E-state index < -0.39 is 0 Å². The second-order valence-electron chi connectivity index (χ2n) is 3.69. The maximum atomic E-state index is 3.44. The van der Waals surface area contributed by atoms with Gasteiger partial charge < -0.3 is 5.32 Å². The van der Waals surface area contributed by atoms with E-state index in [2.05, 4.69) is 19.2 Å². The third-order valence-corrected chi connectivity index (χ3v) is 2.33. The van der Waals surface area contributed by atoms with Crippen molar-refractivity contribution in [2.75, 3.05) is 6.54 Å². The minimum absolute atomic E-state index is 0.667. The van der Waals surface area contributed by atoms with Crippen molar-refractivity contribution in [1.82, 2.24) is 5.32 Å². The van der Waals surface area contributed by atoms with Gasteiger partial charge in [0.15, 0.2) is 0 Å². The molecular weight excluding hydrogens is 122 g/mol. The number of nitrogens with one attached hydrogen (secondary N) is 1. The fourth-order valence-corrected chi connectivity index (χ4v) is 1.36. The van der Waals surface area contributed by atoms with Crippen LogP contribution in [0, 0.1) is 5.92 Å². The molecule has 1 nitrogen and oxygen atoms in total. The summed E-state index contributed by atoms with van der Waals surface area (Å²) in [5.41, 5.74) is 0. The Morgan fingerprint density at radius 2 is 2.10 bits per heavy atom. The van der Waals surface area contributed by atoms with E-state index in [1.807, 2.05) is 0 Å². The average molecular weight is 141 g/mol. The van der Waals surface area contributed by atoms with E-state index in [4.69, 9.17) is 0 Å². The summed E-state index contributed by atoms with van der Waals surface area (Å²) in [6, 6.07) is 0.667. The van der Waals surface area contributed by atoms with Gasteiger partial charge in [-0.1, -0.05) is 33.1 Å². The Kier molecular flexibility index (Phi) is 3.20. The molecule has 0 aromatic rings. The van der Waals surface area contributed by atoms with Crippen LogP contribution < -0.4 is 5.32 Å². The van der Waals surface area contributed by atoms with E-state index in [-0.39, 0.29) is 0 Å². The lowest BCUT2D eigenvalue weighted by Gasteiger charge is -2.25. The van der Waals surface area contributed by atoms with Crippen LogP contribution in [0.3, 0.4) is 0 Å². The van der Waals surface area contributed by atoms with Crippen LogP contribution in [0.15, 0.2) is 0 Å². The molecule has 0 atom stereocenters. The lowest BCUT2D eigenvalue weighted by Crippen LogP contribution is -2.26. The molecule has 1 heteroatoms. The zero-order valence-corrected chi connectivity index (χ0v) is 7.19. The molecule has 0 saturated heterocycles. The SMILES string of the molecule is CC(C)NCCC1CCC1. The molecule has 0 unspecified atom stereocenters. The first-order chi connectivity index (χ1) is 4.79. The molecular formula is C9H19N. The Hall–Kier alpha value is -0.0400. The Bertz CT molecular complexity index is 84.7. The quantitative estimate of drug-likeness (QED) is 0.632. The van der Waals surface area contributed by atoms with E-state index in [0.29, 0.717) is 6.04 Å². The van der Waals surface area contributed by atoms with Gasteiger partial charge in [0.2, 0.25) is 0 Å². The van der Waals surface area contributed by atoms with Gasteiger partial charge in [-0.05, 0) is 18.9 Å². The van der Waals surface area contributed by atoms with Crippen LogP contribution in [-0.2, 0) is 0 Å². The van der Waals surface area contributed by atoms with Gasteiger partial charge in [0, 0.05) is 6.04 Å². The summed E-state index contributed by atoms with van der Waals surface area (Å²) in [5, 5.41) is 3.44. The summed E-state index contributed by atoms with van der Waals surface area (Å²) >= 11 is 0. The first-order valence-electron chi connectivity index (χ1n) is 4.52. The molecule has 0 radical (unpaired) electrons. The van der Waals surface area contributed by atoms with Gasteiger partial charge >= 0.3 is 0 Å². The van der Waals surface area contributed by atoms with Crippen molar-refractivity contribution in [1.29, 1.82) is 0 Å². The third-order valence-electron chi connectivity index (χ3n) is 2.33. The fourth-order valence-electron chi connectivity index (χ4n) is 1.36. The van der Waals surface area contributed by atoms with Gasteiger partial charge in [-0.2, -0.15) is 0 Å². The molecule has 0 aliphatic heterocycles. The third kappa shape index (κ3) is 2.70. The second kappa shape index (κ2) is 3.97. The van der Waals surface area contributed by atoms with Crippen LogP contribution in [0.5, 0.6) is 0 Å². The Morgan fingerprint density at radius 3 is 2.50 bits per heavy atom. The first-order valence-corrected chi connectivity index (χ1v) is 4.52. The zero-order chi connectivity index (χ0) is 7.40. The van der Waals surface area contributed by atoms with Crippen LogP contribution >= 0.6 is 0 Å². The first kappa shape index (κ1) is 8.06. The van der Waals surface area contributed by atoms with Crippen molar-refractivity contribution < 1.29 is 0 Å². The number of rotatable bonds is 4. The van der Waals surface area contributed by atoms with Crippen molar-refractivity contribution in [3.05, 3.63) is 0 Å². The Balaban J connectivity index is 1.85. The predicted octanol–water partition coefficient (Wildman–Crippen LogP) is 2.17. The number of hydrogen-bond acceptors (Lipinski definition) is 1. The summed E-state index contributed by atoms with van der Waals surface area (Å²) in [6.45, 7) is 5.64. The average Bonchev–Trinajstić information content (AvgIpc) is 1.75. The monoisotopic (exact) mass is 141 g/mol. The highest BCUT2D eigenvalue weighted by atomic mass is 14.9. The molecule has 1 N–H and O–H groups in total. The van der Waals surface area contributed by atoms with Crippen LogP contribution in [0.1, 0.15) is 39.5 Å². The normalized spacial score (nSPS) is 19.5. The second-order valence-corrected chi connectivity index (χ2v) is 3.69. The highest BCUT2D eigenvalue weighted by Crippen LogP contribution is 2.28. The van der Waals surface area contributed by atoms with E-state index in [9.17, 15) is 0 Å². The molecule has 1 saturated carbocycles. The standard InChI is InChI=1S/C9H19N/c1-8(2)10-7-6-9-4-3-5-9/h8-10H,3-7H2,1-2H3. The topological polar surface area (TPSA) is 12.0 Å². The van der Waals surface area contributed by atoms with E-state index >= 15 is 0 Å². The minimum atomic E-state index is 0.667. The molecule has 1 fully saturated rings. The van der Waals surface area contributed by atoms with Gasteiger partial charge in [-0.3, -0.25) is 0 Å². The summed E-state index contributed by atoms with van der Waals surface area (Å²) < 4.78 is 0. The lowest BCUT2D eigenvalue weighted by molar-refractivity contribution is 0.289. The predicted molar refractivity (Wildman–Crippen MR) is 45.1 cm³/mol. The summed E-state index contributed by atoms with van der Waals surface area (Å²) in [7, 11) is 0. The maximum Gasteiger partial charge on any atom is 0.00103 e. The molecule has 0 amide bonds. The highest BCUT2D eigenvalue weighted by molar-refractivity contribution is 4.70. The largest absolute Gasteiger partial charge is 0.315 e. The molecule has 0 heterocycles. The van der Waals surface area contributed by atoms with Gasteiger partial charge in [0.25, 0.3) is 0 Å². The number of hydrogen-bond donors (Lipinski definition) is 1.